The summed E-state index contributed by atoms with van der Waals surface area (Å²) >= 11 is 0. The minimum absolute atomic E-state index is 0.219. The Morgan fingerprint density at radius 3 is 2.68 bits per heavy atom. The molecule has 1 fully saturated rings. The molecule has 2 aromatic heterocycles. The van der Waals surface area contributed by atoms with Crippen LogP contribution in [0.4, 0.5) is 10.3 Å². The van der Waals surface area contributed by atoms with Crippen LogP contribution in [-0.4, -0.2) is 52.7 Å². The molecule has 2 aliphatic heterocycles. The maximum Gasteiger partial charge on any atom is 0.232 e. The van der Waals surface area contributed by atoms with Crippen molar-refractivity contribution in [1.29, 1.82) is 0 Å². The molecule has 162 valence electrons. The lowest BCUT2D eigenvalue weighted by molar-refractivity contribution is 0.0664. The molecule has 0 atom stereocenters. The zero-order chi connectivity index (χ0) is 21.4. The predicted molar refractivity (Wildman–Crippen MR) is 111 cm³/mol. The number of methoxy groups -OCH3 is 2. The molecular formula is C22H24FN5O3. The molecule has 1 spiro atoms. The minimum atomic E-state index is -0.283. The van der Waals surface area contributed by atoms with Gasteiger partial charge in [0.25, 0.3) is 0 Å². The number of ether oxygens (including phenoxy) is 3. The van der Waals surface area contributed by atoms with Crippen LogP contribution in [0, 0.1) is 5.82 Å². The Kier molecular flexibility index (Phi) is 4.97. The molecule has 0 N–H and O–H groups in total. The van der Waals surface area contributed by atoms with Crippen molar-refractivity contribution in [1.82, 2.24) is 19.7 Å². The van der Waals surface area contributed by atoms with Crippen LogP contribution in [0.5, 0.6) is 11.6 Å². The van der Waals surface area contributed by atoms with Gasteiger partial charge in [0.2, 0.25) is 11.8 Å². The fourth-order valence-electron chi connectivity index (χ4n) is 4.42. The van der Waals surface area contributed by atoms with Crippen molar-refractivity contribution >= 4 is 5.95 Å². The van der Waals surface area contributed by atoms with Gasteiger partial charge in [-0.2, -0.15) is 0 Å². The van der Waals surface area contributed by atoms with E-state index >= 15 is 0 Å². The second-order valence-electron chi connectivity index (χ2n) is 7.94. The summed E-state index contributed by atoms with van der Waals surface area (Å²) in [6.07, 6.45) is 4.10. The summed E-state index contributed by atoms with van der Waals surface area (Å²) < 4.78 is 32.4. The highest BCUT2D eigenvalue weighted by molar-refractivity contribution is 5.45. The van der Waals surface area contributed by atoms with Crippen molar-refractivity contribution in [2.45, 2.75) is 31.5 Å². The third kappa shape index (κ3) is 3.59. The van der Waals surface area contributed by atoms with Gasteiger partial charge >= 0.3 is 0 Å². The Balaban J connectivity index is 1.38. The summed E-state index contributed by atoms with van der Waals surface area (Å²) in [5.41, 5.74) is 1.51. The number of nitrogens with zero attached hydrogens (tertiary/aromatic N) is 5. The van der Waals surface area contributed by atoms with E-state index in [4.69, 9.17) is 14.2 Å². The third-order valence-electron chi connectivity index (χ3n) is 5.99. The molecule has 9 heteroatoms. The molecule has 2 aliphatic rings. The topological polar surface area (TPSA) is 74.5 Å². The van der Waals surface area contributed by atoms with Crippen LogP contribution < -0.4 is 14.4 Å². The fourth-order valence-corrected chi connectivity index (χ4v) is 4.42. The average molecular weight is 425 g/mol. The van der Waals surface area contributed by atoms with Crippen LogP contribution >= 0.6 is 0 Å². The maximum absolute atomic E-state index is 13.6. The number of pyridine rings is 1. The molecular weight excluding hydrogens is 401 g/mol. The SMILES string of the molecule is COCc1nnc(N2CCC3(CC2)Cc2cc(F)ccc2O3)n1-c1ccc(OC)nc1. The number of hydrogen-bond acceptors (Lipinski definition) is 7. The Bertz CT molecular complexity index is 1080. The second kappa shape index (κ2) is 7.81. The van der Waals surface area contributed by atoms with Crippen molar-refractivity contribution in [2.24, 2.45) is 0 Å². The first-order valence-electron chi connectivity index (χ1n) is 10.3. The Hall–Kier alpha value is -3.20. The number of rotatable bonds is 5. The van der Waals surface area contributed by atoms with Gasteiger partial charge in [0, 0.05) is 51.1 Å². The Morgan fingerprint density at radius 2 is 1.97 bits per heavy atom. The average Bonchev–Trinajstić information content (AvgIpc) is 3.35. The van der Waals surface area contributed by atoms with E-state index in [1.165, 1.54) is 6.07 Å². The number of halogens is 1. The van der Waals surface area contributed by atoms with Gasteiger partial charge < -0.3 is 19.1 Å². The zero-order valence-electron chi connectivity index (χ0n) is 17.5. The van der Waals surface area contributed by atoms with Gasteiger partial charge in [-0.15, -0.1) is 10.2 Å². The van der Waals surface area contributed by atoms with E-state index < -0.39 is 0 Å². The van der Waals surface area contributed by atoms with Gasteiger partial charge in [-0.1, -0.05) is 0 Å². The molecule has 1 saturated heterocycles. The van der Waals surface area contributed by atoms with Gasteiger partial charge in [-0.05, 0) is 24.3 Å². The lowest BCUT2D eigenvalue weighted by Gasteiger charge is -2.39. The molecule has 0 saturated carbocycles. The van der Waals surface area contributed by atoms with Crippen molar-refractivity contribution in [3.05, 3.63) is 53.7 Å². The molecule has 4 heterocycles. The van der Waals surface area contributed by atoms with E-state index in [1.807, 2.05) is 16.7 Å². The molecule has 5 rings (SSSR count). The normalized spacial score (nSPS) is 16.9. The quantitative estimate of drug-likeness (QED) is 0.622. The number of aromatic nitrogens is 4. The summed E-state index contributed by atoms with van der Waals surface area (Å²) in [6, 6.07) is 8.50. The van der Waals surface area contributed by atoms with E-state index in [0.29, 0.717) is 18.3 Å². The molecule has 0 unspecified atom stereocenters. The van der Waals surface area contributed by atoms with Crippen LogP contribution in [0.25, 0.3) is 5.69 Å². The van der Waals surface area contributed by atoms with Crippen LogP contribution in [-0.2, 0) is 17.8 Å². The van der Waals surface area contributed by atoms with E-state index in [2.05, 4.69) is 20.1 Å². The molecule has 1 aromatic carbocycles. The van der Waals surface area contributed by atoms with Crippen LogP contribution in [0.15, 0.2) is 36.5 Å². The van der Waals surface area contributed by atoms with E-state index in [9.17, 15) is 4.39 Å². The highest BCUT2D eigenvalue weighted by Crippen LogP contribution is 2.42. The molecule has 3 aromatic rings. The highest BCUT2D eigenvalue weighted by atomic mass is 19.1. The number of benzene rings is 1. The smallest absolute Gasteiger partial charge is 0.232 e. The highest BCUT2D eigenvalue weighted by Gasteiger charge is 2.43. The van der Waals surface area contributed by atoms with Crippen molar-refractivity contribution < 1.29 is 18.6 Å². The lowest BCUT2D eigenvalue weighted by atomic mass is 9.87. The van der Waals surface area contributed by atoms with Crippen LogP contribution in [0.1, 0.15) is 24.2 Å². The standard InChI is InChI=1S/C22H24FN5O3/c1-29-14-19-25-26-21(28(19)17-4-6-20(30-2)24-13-17)27-9-7-22(8-10-27)12-15-11-16(23)3-5-18(15)31-22/h3-6,11,13H,7-10,12,14H2,1-2H3. The Morgan fingerprint density at radius 1 is 1.13 bits per heavy atom. The van der Waals surface area contributed by atoms with Crippen molar-refractivity contribution in [2.75, 3.05) is 32.2 Å². The number of piperidine rings is 1. The van der Waals surface area contributed by atoms with Crippen molar-refractivity contribution in [3.8, 4) is 17.3 Å². The molecule has 0 aliphatic carbocycles. The molecule has 31 heavy (non-hydrogen) atoms. The van der Waals surface area contributed by atoms with E-state index in [1.54, 1.807) is 32.5 Å². The van der Waals surface area contributed by atoms with E-state index in [-0.39, 0.29) is 11.4 Å². The summed E-state index contributed by atoms with van der Waals surface area (Å²) in [5, 5.41) is 8.80. The molecule has 8 nitrogen and oxygen atoms in total. The number of anilines is 1. The first kappa shape index (κ1) is 19.7. The van der Waals surface area contributed by atoms with Gasteiger partial charge in [0.15, 0.2) is 5.82 Å². The first-order valence-corrected chi connectivity index (χ1v) is 10.3. The Labute approximate surface area is 179 Å². The number of fused-ring (bicyclic) bond motifs is 1. The summed E-state index contributed by atoms with van der Waals surface area (Å²) in [7, 11) is 3.22. The number of hydrogen-bond donors (Lipinski definition) is 0. The first-order chi connectivity index (χ1) is 15.1. The largest absolute Gasteiger partial charge is 0.487 e. The van der Waals surface area contributed by atoms with Crippen LogP contribution in [0.2, 0.25) is 0 Å². The summed E-state index contributed by atoms with van der Waals surface area (Å²) in [6.45, 7) is 1.84. The monoisotopic (exact) mass is 425 g/mol. The molecule has 0 radical (unpaired) electrons. The van der Waals surface area contributed by atoms with Crippen molar-refractivity contribution in [3.63, 3.8) is 0 Å². The molecule has 0 bridgehead atoms. The van der Waals surface area contributed by atoms with Gasteiger partial charge in [0.1, 0.15) is 23.8 Å². The summed E-state index contributed by atoms with van der Waals surface area (Å²) in [5.74, 6) is 2.56. The maximum atomic E-state index is 13.6. The minimum Gasteiger partial charge on any atom is -0.487 e. The predicted octanol–water partition coefficient (Wildman–Crippen LogP) is 2.93. The second-order valence-corrected chi connectivity index (χ2v) is 7.94. The zero-order valence-corrected chi connectivity index (χ0v) is 17.5. The fraction of sp³-hybridized carbons (Fsp3) is 0.409. The van der Waals surface area contributed by atoms with E-state index in [0.717, 1.165) is 55.3 Å². The summed E-state index contributed by atoms with van der Waals surface area (Å²) in [4.78, 5) is 6.52. The van der Waals surface area contributed by atoms with Gasteiger partial charge in [-0.25, -0.2) is 9.37 Å². The van der Waals surface area contributed by atoms with Gasteiger partial charge in [-0.3, -0.25) is 4.57 Å². The van der Waals surface area contributed by atoms with Crippen LogP contribution in [0.3, 0.4) is 0 Å². The molecule has 0 amide bonds. The van der Waals surface area contributed by atoms with Gasteiger partial charge in [0.05, 0.1) is 19.0 Å². The lowest BCUT2D eigenvalue weighted by Crippen LogP contribution is -2.48. The third-order valence-corrected chi connectivity index (χ3v) is 5.99.